The molecule has 0 atom stereocenters. The van der Waals surface area contributed by atoms with Gasteiger partial charge in [-0.05, 0) is 75.9 Å². The Balaban J connectivity index is 1.26. The van der Waals surface area contributed by atoms with Crippen LogP contribution in [0.1, 0.15) is 45.6 Å². The standard InChI is InChI=1S/C25H27BrFN3O4/c1-23(2,3)34-22(33)28-11-15-4-7-17(8-5-15)29-20(31)24-12-25(13-24,14-24)21(32)30-19-9-6-16(26)10-18(19)27/h4-10H,11-14H2,1-3H3,(H,28,33)(H,29,31)(H,30,32). The molecule has 3 saturated carbocycles. The fourth-order valence-corrected chi connectivity index (χ4v) is 4.91. The Kier molecular flexibility index (Phi) is 6.18. The molecule has 3 aliphatic carbocycles. The lowest BCUT2D eigenvalue weighted by molar-refractivity contribution is -0.201. The molecular formula is C25H27BrFN3O4. The highest BCUT2D eigenvalue weighted by Gasteiger charge is 2.74. The van der Waals surface area contributed by atoms with Crippen LogP contribution in [0.5, 0.6) is 0 Å². The van der Waals surface area contributed by atoms with E-state index in [1.807, 2.05) is 12.1 Å². The van der Waals surface area contributed by atoms with Crippen molar-refractivity contribution in [3.63, 3.8) is 0 Å². The zero-order chi connectivity index (χ0) is 24.7. The van der Waals surface area contributed by atoms with E-state index < -0.39 is 28.3 Å². The molecule has 2 aromatic rings. The second kappa shape index (κ2) is 8.69. The average Bonchev–Trinajstić information content (AvgIpc) is 2.66. The Bertz CT molecular complexity index is 1120. The van der Waals surface area contributed by atoms with Crippen molar-refractivity contribution in [1.29, 1.82) is 0 Å². The van der Waals surface area contributed by atoms with Gasteiger partial charge in [0, 0.05) is 16.7 Å². The summed E-state index contributed by atoms with van der Waals surface area (Å²) in [6.45, 7) is 5.70. The van der Waals surface area contributed by atoms with Crippen molar-refractivity contribution in [1.82, 2.24) is 5.32 Å². The smallest absolute Gasteiger partial charge is 0.407 e. The van der Waals surface area contributed by atoms with Crippen molar-refractivity contribution < 1.29 is 23.5 Å². The molecule has 9 heteroatoms. The summed E-state index contributed by atoms with van der Waals surface area (Å²) in [7, 11) is 0. The maximum atomic E-state index is 14.0. The molecular weight excluding hydrogens is 505 g/mol. The van der Waals surface area contributed by atoms with E-state index in [-0.39, 0.29) is 17.5 Å². The Morgan fingerprint density at radius 1 is 0.971 bits per heavy atom. The minimum Gasteiger partial charge on any atom is -0.444 e. The van der Waals surface area contributed by atoms with Gasteiger partial charge in [-0.1, -0.05) is 28.1 Å². The molecule has 0 heterocycles. The van der Waals surface area contributed by atoms with Gasteiger partial charge in [-0.25, -0.2) is 9.18 Å². The molecule has 0 unspecified atom stereocenters. The van der Waals surface area contributed by atoms with Gasteiger partial charge in [-0.15, -0.1) is 0 Å². The van der Waals surface area contributed by atoms with E-state index in [1.54, 1.807) is 39.0 Å². The number of carbonyl (C=O) groups is 3. The Morgan fingerprint density at radius 3 is 2.12 bits per heavy atom. The molecule has 34 heavy (non-hydrogen) atoms. The van der Waals surface area contributed by atoms with Crippen molar-refractivity contribution in [3.05, 3.63) is 58.3 Å². The molecule has 3 aliphatic rings. The van der Waals surface area contributed by atoms with Gasteiger partial charge in [0.15, 0.2) is 0 Å². The molecule has 2 bridgehead atoms. The first-order valence-electron chi connectivity index (χ1n) is 11.0. The second-order valence-corrected chi connectivity index (χ2v) is 11.1. The van der Waals surface area contributed by atoms with Crippen LogP contribution in [0.2, 0.25) is 0 Å². The van der Waals surface area contributed by atoms with Crippen LogP contribution < -0.4 is 16.0 Å². The minimum absolute atomic E-state index is 0.114. The third kappa shape index (κ3) is 4.94. The summed E-state index contributed by atoms with van der Waals surface area (Å²) >= 11 is 3.19. The van der Waals surface area contributed by atoms with E-state index in [0.717, 1.165) is 5.56 Å². The zero-order valence-corrected chi connectivity index (χ0v) is 20.8. The third-order valence-corrected chi connectivity index (χ3v) is 6.71. The average molecular weight is 532 g/mol. The van der Waals surface area contributed by atoms with Crippen molar-refractivity contribution in [2.75, 3.05) is 10.6 Å². The van der Waals surface area contributed by atoms with E-state index in [4.69, 9.17) is 4.74 Å². The molecule has 0 saturated heterocycles. The number of hydrogen-bond acceptors (Lipinski definition) is 4. The zero-order valence-electron chi connectivity index (χ0n) is 19.3. The quantitative estimate of drug-likeness (QED) is 0.467. The van der Waals surface area contributed by atoms with Crippen molar-refractivity contribution in [2.24, 2.45) is 10.8 Å². The Labute approximate surface area is 206 Å². The van der Waals surface area contributed by atoms with Gasteiger partial charge in [0.1, 0.15) is 11.4 Å². The summed E-state index contributed by atoms with van der Waals surface area (Å²) in [6.07, 6.45) is 0.865. The summed E-state index contributed by atoms with van der Waals surface area (Å²) in [5.41, 5.74) is -0.0664. The topological polar surface area (TPSA) is 96.5 Å². The number of ether oxygens (including phenoxy) is 1. The number of anilines is 2. The van der Waals surface area contributed by atoms with E-state index in [0.29, 0.717) is 36.0 Å². The van der Waals surface area contributed by atoms with Gasteiger partial charge in [-0.3, -0.25) is 9.59 Å². The van der Waals surface area contributed by atoms with Gasteiger partial charge in [0.25, 0.3) is 0 Å². The molecule has 5 rings (SSSR count). The molecule has 0 aliphatic heterocycles. The third-order valence-electron chi connectivity index (χ3n) is 6.22. The van der Waals surface area contributed by atoms with Crippen LogP contribution in [0, 0.1) is 16.6 Å². The normalized spacial score (nSPS) is 22.6. The molecule has 7 nitrogen and oxygen atoms in total. The fraction of sp³-hybridized carbons (Fsp3) is 0.400. The molecule has 180 valence electrons. The number of carbonyl (C=O) groups excluding carboxylic acids is 3. The van der Waals surface area contributed by atoms with Crippen LogP contribution in [0.15, 0.2) is 46.9 Å². The number of benzene rings is 2. The highest BCUT2D eigenvalue weighted by atomic mass is 79.9. The monoisotopic (exact) mass is 531 g/mol. The first-order chi connectivity index (χ1) is 15.9. The molecule has 3 fully saturated rings. The maximum absolute atomic E-state index is 14.0. The largest absolute Gasteiger partial charge is 0.444 e. The van der Waals surface area contributed by atoms with Crippen molar-refractivity contribution in [3.8, 4) is 0 Å². The molecule has 3 N–H and O–H groups in total. The van der Waals surface area contributed by atoms with Crippen LogP contribution >= 0.6 is 15.9 Å². The summed E-state index contributed by atoms with van der Waals surface area (Å²) < 4.78 is 19.8. The van der Waals surface area contributed by atoms with Crippen LogP contribution in [0.4, 0.5) is 20.6 Å². The van der Waals surface area contributed by atoms with E-state index in [1.165, 1.54) is 12.1 Å². The fourth-order valence-electron chi connectivity index (χ4n) is 4.57. The van der Waals surface area contributed by atoms with E-state index in [2.05, 4.69) is 31.9 Å². The lowest BCUT2D eigenvalue weighted by Gasteiger charge is -2.67. The molecule has 0 aromatic heterocycles. The van der Waals surface area contributed by atoms with Gasteiger partial charge in [-0.2, -0.15) is 0 Å². The Hall–Kier alpha value is -2.94. The molecule has 3 amide bonds. The molecule has 0 spiro atoms. The van der Waals surface area contributed by atoms with Crippen LogP contribution in [-0.4, -0.2) is 23.5 Å². The summed E-state index contributed by atoms with van der Waals surface area (Å²) in [6, 6.07) is 11.6. The predicted molar refractivity (Wildman–Crippen MR) is 130 cm³/mol. The Morgan fingerprint density at radius 2 is 1.56 bits per heavy atom. The van der Waals surface area contributed by atoms with Crippen LogP contribution in [0.25, 0.3) is 0 Å². The van der Waals surface area contributed by atoms with Crippen LogP contribution in [0.3, 0.4) is 0 Å². The number of rotatable bonds is 6. The SMILES string of the molecule is CC(C)(C)OC(=O)NCc1ccc(NC(=O)C23CC(C(=O)Nc4ccc(Br)cc4F)(C2)C3)cc1. The molecule has 2 aromatic carbocycles. The first-order valence-corrected chi connectivity index (χ1v) is 11.8. The lowest BCUT2D eigenvalue weighted by Crippen LogP contribution is -2.70. The summed E-state index contributed by atoms with van der Waals surface area (Å²) in [5.74, 6) is -0.867. The number of hydrogen-bond donors (Lipinski definition) is 3. The first kappa shape index (κ1) is 24.2. The lowest BCUT2D eigenvalue weighted by atomic mass is 9.34. The molecule has 0 radical (unpaired) electrons. The van der Waals surface area contributed by atoms with Gasteiger partial charge in [0.2, 0.25) is 11.8 Å². The van der Waals surface area contributed by atoms with Crippen molar-refractivity contribution >= 4 is 45.2 Å². The van der Waals surface area contributed by atoms with E-state index >= 15 is 0 Å². The van der Waals surface area contributed by atoms with Crippen LogP contribution in [-0.2, 0) is 20.9 Å². The number of halogens is 2. The number of alkyl carbamates (subject to hydrolysis) is 1. The summed E-state index contributed by atoms with van der Waals surface area (Å²) in [5, 5.41) is 8.27. The summed E-state index contributed by atoms with van der Waals surface area (Å²) in [4.78, 5) is 37.3. The highest BCUT2D eigenvalue weighted by Crippen LogP contribution is 2.73. The van der Waals surface area contributed by atoms with Gasteiger partial charge in [0.05, 0.1) is 16.5 Å². The van der Waals surface area contributed by atoms with Gasteiger partial charge >= 0.3 is 6.09 Å². The number of nitrogens with one attached hydrogen (secondary N) is 3. The van der Waals surface area contributed by atoms with E-state index in [9.17, 15) is 18.8 Å². The minimum atomic E-state index is -0.603. The number of amides is 3. The maximum Gasteiger partial charge on any atom is 0.407 e. The highest BCUT2D eigenvalue weighted by molar-refractivity contribution is 9.10. The predicted octanol–water partition coefficient (Wildman–Crippen LogP) is 5.36. The second-order valence-electron chi connectivity index (χ2n) is 10.2. The van der Waals surface area contributed by atoms with Crippen molar-refractivity contribution in [2.45, 2.75) is 52.2 Å². The van der Waals surface area contributed by atoms with Gasteiger partial charge < -0.3 is 20.7 Å².